The van der Waals surface area contributed by atoms with Crippen molar-refractivity contribution < 1.29 is 19.1 Å². The van der Waals surface area contributed by atoms with Gasteiger partial charge in [0, 0.05) is 47.8 Å². The molecule has 0 aromatic heterocycles. The van der Waals surface area contributed by atoms with Gasteiger partial charge in [0.05, 0.1) is 11.8 Å². The first-order valence-corrected chi connectivity index (χ1v) is 10.6. The van der Waals surface area contributed by atoms with Crippen molar-refractivity contribution in [1.82, 2.24) is 10.6 Å². The zero-order valence-electron chi connectivity index (χ0n) is 18.0. The Kier molecular flexibility index (Phi) is 6.30. The fourth-order valence-corrected chi connectivity index (χ4v) is 5.52. The smallest absolute Gasteiger partial charge is 0.378 e. The third kappa shape index (κ3) is 7.27. The summed E-state index contributed by atoms with van der Waals surface area (Å²) in [4.78, 5) is 24.5. The molecule has 6 nitrogen and oxygen atoms in total. The van der Waals surface area contributed by atoms with Crippen molar-refractivity contribution in [2.45, 2.75) is 115 Å². The van der Waals surface area contributed by atoms with E-state index in [1.165, 1.54) is 0 Å². The lowest BCUT2D eigenvalue weighted by atomic mass is 9.81. The van der Waals surface area contributed by atoms with Crippen LogP contribution in [-0.2, 0) is 9.47 Å². The summed E-state index contributed by atoms with van der Waals surface area (Å²) in [5.41, 5.74) is -0.484. The molecule has 2 N–H and O–H groups in total. The van der Waals surface area contributed by atoms with E-state index in [1.54, 1.807) is 0 Å². The quantitative estimate of drug-likeness (QED) is 0.655. The van der Waals surface area contributed by atoms with E-state index in [0.29, 0.717) is 37.4 Å². The van der Waals surface area contributed by atoms with Crippen LogP contribution in [0.1, 0.15) is 81.1 Å². The van der Waals surface area contributed by atoms with Crippen LogP contribution in [0.2, 0.25) is 0 Å². The number of carbonyl (C=O) groups excluding carboxylic acids is 2. The maximum Gasteiger partial charge on any atom is 0.378 e. The largest absolute Gasteiger partial charge is 0.454 e. The summed E-state index contributed by atoms with van der Waals surface area (Å²) in [6.07, 6.45) is 2.45. The molecule has 27 heavy (non-hydrogen) atoms. The number of carbonyl (C=O) groups is 2. The van der Waals surface area contributed by atoms with Gasteiger partial charge in [-0.1, -0.05) is 0 Å². The van der Waals surface area contributed by atoms with Crippen molar-refractivity contribution >= 4 is 22.4 Å². The maximum absolute atomic E-state index is 12.2. The molecule has 2 fully saturated rings. The molecule has 0 bridgehead atoms. The van der Waals surface area contributed by atoms with Crippen LogP contribution in [0.25, 0.3) is 0 Å². The van der Waals surface area contributed by atoms with Gasteiger partial charge in [0.25, 0.3) is 0 Å². The second-order valence-electron chi connectivity index (χ2n) is 10.7. The molecule has 0 saturated carbocycles. The lowest BCUT2D eigenvalue weighted by Gasteiger charge is -2.46. The molecule has 0 spiro atoms. The molecule has 2 saturated heterocycles. The molecule has 0 aliphatic carbocycles. The molecule has 0 amide bonds. The molecule has 2 heterocycles. The lowest BCUT2D eigenvalue weighted by molar-refractivity contribution is 0.0293. The summed E-state index contributed by atoms with van der Waals surface area (Å²) < 4.78 is 11.2. The molecule has 2 aliphatic rings. The molecular formula is C20H36N2O4S. The van der Waals surface area contributed by atoms with Gasteiger partial charge in [0.2, 0.25) is 0 Å². The minimum Gasteiger partial charge on any atom is -0.454 e. The molecule has 0 radical (unpaired) electrons. The van der Waals surface area contributed by atoms with E-state index in [2.05, 4.69) is 66.0 Å². The Morgan fingerprint density at radius 3 is 1.19 bits per heavy atom. The van der Waals surface area contributed by atoms with Gasteiger partial charge in [-0.3, -0.25) is 0 Å². The first kappa shape index (κ1) is 22.5. The van der Waals surface area contributed by atoms with E-state index >= 15 is 0 Å². The molecule has 7 heteroatoms. The number of thioether (sulfide) groups is 1. The fourth-order valence-electron chi connectivity index (χ4n) is 5.01. The van der Waals surface area contributed by atoms with Gasteiger partial charge >= 0.3 is 10.6 Å². The Morgan fingerprint density at radius 1 is 0.667 bits per heavy atom. The summed E-state index contributed by atoms with van der Waals surface area (Å²) in [5.74, 6) is 0. The van der Waals surface area contributed by atoms with Gasteiger partial charge in [-0.2, -0.15) is 0 Å². The average molecular weight is 401 g/mol. The van der Waals surface area contributed by atoms with E-state index in [-0.39, 0.29) is 34.4 Å². The van der Waals surface area contributed by atoms with E-state index in [9.17, 15) is 9.59 Å². The number of piperidine rings is 2. The van der Waals surface area contributed by atoms with Crippen molar-refractivity contribution in [3.05, 3.63) is 0 Å². The van der Waals surface area contributed by atoms with E-state index in [1.807, 2.05) is 0 Å². The first-order chi connectivity index (χ1) is 12.1. The van der Waals surface area contributed by atoms with Crippen molar-refractivity contribution in [3.63, 3.8) is 0 Å². The molecule has 0 unspecified atom stereocenters. The number of nitrogens with one attached hydrogen (secondary N) is 2. The highest BCUT2D eigenvalue weighted by atomic mass is 32.2. The minimum absolute atomic E-state index is 0.121. The monoisotopic (exact) mass is 400 g/mol. The SMILES string of the molecule is CC1(C)CC(OC(=O)SC(=O)OC2CC(C)(C)NC(C)(C)C2)CC(C)(C)N1. The third-order valence-corrected chi connectivity index (χ3v) is 5.52. The minimum atomic E-state index is -0.578. The second-order valence-corrected chi connectivity index (χ2v) is 11.6. The normalized spacial score (nSPS) is 27.0. The van der Waals surface area contributed by atoms with Crippen LogP contribution in [0.15, 0.2) is 0 Å². The van der Waals surface area contributed by atoms with Gasteiger partial charge in [0.15, 0.2) is 0 Å². The molecular weight excluding hydrogens is 364 g/mol. The van der Waals surface area contributed by atoms with Crippen molar-refractivity contribution in [2.24, 2.45) is 0 Å². The predicted octanol–water partition coefficient (Wildman–Crippen LogP) is 4.61. The topological polar surface area (TPSA) is 76.7 Å². The highest BCUT2D eigenvalue weighted by Crippen LogP contribution is 2.33. The molecule has 0 atom stereocenters. The Morgan fingerprint density at radius 2 is 0.926 bits per heavy atom. The number of rotatable bonds is 2. The molecule has 156 valence electrons. The van der Waals surface area contributed by atoms with E-state index in [4.69, 9.17) is 9.47 Å². The fraction of sp³-hybridized carbons (Fsp3) is 0.900. The van der Waals surface area contributed by atoms with Crippen LogP contribution in [0.5, 0.6) is 0 Å². The molecule has 0 aromatic rings. The van der Waals surface area contributed by atoms with Crippen LogP contribution in [0.3, 0.4) is 0 Å². The zero-order chi connectivity index (χ0) is 20.7. The van der Waals surface area contributed by atoms with Crippen molar-refractivity contribution in [3.8, 4) is 0 Å². The van der Waals surface area contributed by atoms with Crippen molar-refractivity contribution in [1.29, 1.82) is 0 Å². The van der Waals surface area contributed by atoms with Crippen LogP contribution in [0, 0.1) is 0 Å². The Balaban J connectivity index is 1.86. The average Bonchev–Trinajstić information content (AvgIpc) is 2.28. The van der Waals surface area contributed by atoms with Gasteiger partial charge in [-0.25, -0.2) is 9.59 Å². The lowest BCUT2D eigenvalue weighted by Crippen LogP contribution is -2.59. The molecule has 2 rings (SSSR count). The number of hydrogen-bond acceptors (Lipinski definition) is 7. The maximum atomic E-state index is 12.2. The van der Waals surface area contributed by atoms with Crippen LogP contribution in [0.4, 0.5) is 9.59 Å². The van der Waals surface area contributed by atoms with E-state index in [0.717, 1.165) is 0 Å². The summed E-state index contributed by atoms with van der Waals surface area (Å²) in [7, 11) is 0. The van der Waals surface area contributed by atoms with Gasteiger partial charge in [-0.05, 0) is 55.4 Å². The standard InChI is InChI=1S/C20H36N2O4S/c1-17(2)9-13(10-18(3,4)21-17)25-15(23)27-16(24)26-14-11-19(5,6)22-20(7,8)12-14/h13-14,21-22H,9-12H2,1-8H3. The van der Waals surface area contributed by atoms with Gasteiger partial charge in [0.1, 0.15) is 12.2 Å². The number of hydrogen-bond donors (Lipinski definition) is 2. The van der Waals surface area contributed by atoms with Crippen LogP contribution >= 0.6 is 11.8 Å². The predicted molar refractivity (Wildman–Crippen MR) is 109 cm³/mol. The Labute approximate surface area is 167 Å². The first-order valence-electron chi connectivity index (χ1n) is 9.74. The Hall–Kier alpha value is -0.790. The number of ether oxygens (including phenoxy) is 2. The Bertz CT molecular complexity index is 505. The summed E-state index contributed by atoms with van der Waals surface area (Å²) >= 11 is 0.524. The summed E-state index contributed by atoms with van der Waals surface area (Å²) in [5, 5.41) is 5.94. The van der Waals surface area contributed by atoms with E-state index < -0.39 is 10.6 Å². The third-order valence-electron chi connectivity index (χ3n) is 5.00. The summed E-state index contributed by atoms with van der Waals surface area (Å²) in [6, 6.07) is 0. The van der Waals surface area contributed by atoms with Gasteiger partial charge in [-0.15, -0.1) is 0 Å². The van der Waals surface area contributed by atoms with Crippen LogP contribution < -0.4 is 10.6 Å². The van der Waals surface area contributed by atoms with Crippen molar-refractivity contribution in [2.75, 3.05) is 0 Å². The second kappa shape index (κ2) is 7.56. The highest BCUT2D eigenvalue weighted by Gasteiger charge is 2.41. The van der Waals surface area contributed by atoms with Crippen LogP contribution in [-0.4, -0.2) is 45.0 Å². The van der Waals surface area contributed by atoms with Gasteiger partial charge < -0.3 is 20.1 Å². The molecule has 0 aromatic carbocycles. The zero-order valence-corrected chi connectivity index (χ0v) is 18.8. The summed E-state index contributed by atoms with van der Waals surface area (Å²) in [6.45, 7) is 16.8. The highest BCUT2D eigenvalue weighted by molar-refractivity contribution is 8.25. The molecule has 2 aliphatic heterocycles.